The molecule has 0 radical (unpaired) electrons. The van der Waals surface area contributed by atoms with E-state index in [4.69, 9.17) is 4.74 Å². The lowest BCUT2D eigenvalue weighted by atomic mass is 10.1. The van der Waals surface area contributed by atoms with Crippen LogP contribution >= 0.6 is 11.8 Å². The fourth-order valence-electron chi connectivity index (χ4n) is 3.08. The monoisotopic (exact) mass is 386 g/mol. The molecule has 138 valence electrons. The molecular formula is C23H18N2O2S. The van der Waals surface area contributed by atoms with Crippen molar-refractivity contribution in [1.82, 2.24) is 10.2 Å². The summed E-state index contributed by atoms with van der Waals surface area (Å²) >= 11 is 1.40. The minimum Gasteiger partial charge on any atom is -0.496 e. The number of para-hydroxylation sites is 1. The van der Waals surface area contributed by atoms with E-state index in [2.05, 4.69) is 10.2 Å². The van der Waals surface area contributed by atoms with E-state index in [1.807, 2.05) is 66.7 Å². The van der Waals surface area contributed by atoms with Gasteiger partial charge in [0, 0.05) is 16.3 Å². The van der Waals surface area contributed by atoms with Gasteiger partial charge in [0.05, 0.1) is 18.4 Å². The number of ketones is 1. The molecular weight excluding hydrogens is 368 g/mol. The average Bonchev–Trinajstić information content (AvgIpc) is 2.77. The van der Waals surface area contributed by atoms with E-state index >= 15 is 0 Å². The fraction of sp³-hybridized carbons (Fsp3) is 0.0870. The second-order valence-electron chi connectivity index (χ2n) is 6.18. The molecule has 0 unspecified atom stereocenters. The van der Waals surface area contributed by atoms with Crippen LogP contribution in [-0.4, -0.2) is 28.8 Å². The number of hydrogen-bond acceptors (Lipinski definition) is 5. The predicted molar refractivity (Wildman–Crippen MR) is 113 cm³/mol. The van der Waals surface area contributed by atoms with Gasteiger partial charge in [-0.05, 0) is 12.1 Å². The van der Waals surface area contributed by atoms with Crippen LogP contribution in [0.5, 0.6) is 5.75 Å². The number of carbonyl (C=O) groups excluding carboxylic acids is 1. The molecule has 0 saturated carbocycles. The molecule has 0 saturated heterocycles. The number of benzene rings is 3. The topological polar surface area (TPSA) is 52.1 Å². The molecule has 1 heterocycles. The van der Waals surface area contributed by atoms with Crippen molar-refractivity contribution in [1.29, 1.82) is 0 Å². The van der Waals surface area contributed by atoms with Crippen LogP contribution in [0.3, 0.4) is 0 Å². The lowest BCUT2D eigenvalue weighted by Crippen LogP contribution is -2.05. The zero-order chi connectivity index (χ0) is 19.3. The van der Waals surface area contributed by atoms with E-state index in [0.717, 1.165) is 27.1 Å². The van der Waals surface area contributed by atoms with Gasteiger partial charge in [0.15, 0.2) is 5.78 Å². The van der Waals surface area contributed by atoms with Crippen LogP contribution in [0.15, 0.2) is 83.9 Å². The highest BCUT2D eigenvalue weighted by Crippen LogP contribution is 2.32. The van der Waals surface area contributed by atoms with Gasteiger partial charge in [-0.1, -0.05) is 78.5 Å². The van der Waals surface area contributed by atoms with Crippen LogP contribution in [0, 0.1) is 0 Å². The first-order valence-electron chi connectivity index (χ1n) is 8.88. The van der Waals surface area contributed by atoms with Crippen LogP contribution in [0.25, 0.3) is 22.0 Å². The maximum absolute atomic E-state index is 12.7. The summed E-state index contributed by atoms with van der Waals surface area (Å²) in [6, 6.07) is 25.3. The molecule has 28 heavy (non-hydrogen) atoms. The summed E-state index contributed by atoms with van der Waals surface area (Å²) in [5.74, 6) is 0.855. The van der Waals surface area contributed by atoms with E-state index in [0.29, 0.717) is 11.3 Å². The van der Waals surface area contributed by atoms with Crippen molar-refractivity contribution in [2.45, 2.75) is 5.03 Å². The Kier molecular flexibility index (Phi) is 5.35. The van der Waals surface area contributed by atoms with E-state index in [-0.39, 0.29) is 11.5 Å². The Balaban J connectivity index is 1.64. The SMILES string of the molecule is COc1ccccc1C(=O)CSc1nnc(-c2ccccc2)c2ccccc12. The standard InChI is InChI=1S/C23H18N2O2S/c1-27-21-14-8-7-13-19(21)20(26)15-28-23-18-12-6-5-11-17(18)22(24-25-23)16-9-3-2-4-10-16/h2-14H,15H2,1H3. The molecule has 0 aliphatic carbocycles. The van der Waals surface area contributed by atoms with Crippen LogP contribution in [-0.2, 0) is 0 Å². The fourth-order valence-corrected chi connectivity index (χ4v) is 3.94. The largest absolute Gasteiger partial charge is 0.496 e. The van der Waals surface area contributed by atoms with Crippen molar-refractivity contribution >= 4 is 28.3 Å². The minimum atomic E-state index is 0.000432. The van der Waals surface area contributed by atoms with E-state index < -0.39 is 0 Å². The zero-order valence-corrected chi connectivity index (χ0v) is 16.1. The summed E-state index contributed by atoms with van der Waals surface area (Å²) in [6.07, 6.45) is 0. The van der Waals surface area contributed by atoms with Gasteiger partial charge in [0.2, 0.25) is 0 Å². The molecule has 0 aliphatic rings. The summed E-state index contributed by atoms with van der Waals surface area (Å²) < 4.78 is 5.30. The zero-order valence-electron chi connectivity index (χ0n) is 15.3. The second kappa shape index (κ2) is 8.23. The Morgan fingerprint density at radius 1 is 0.857 bits per heavy atom. The third-order valence-electron chi connectivity index (χ3n) is 4.45. The minimum absolute atomic E-state index is 0.000432. The van der Waals surface area contributed by atoms with Crippen LogP contribution < -0.4 is 4.74 Å². The smallest absolute Gasteiger partial charge is 0.176 e. The number of methoxy groups -OCH3 is 1. The van der Waals surface area contributed by atoms with Gasteiger partial charge in [0.1, 0.15) is 16.5 Å². The number of aromatic nitrogens is 2. The van der Waals surface area contributed by atoms with Gasteiger partial charge in [-0.3, -0.25) is 4.79 Å². The Morgan fingerprint density at radius 2 is 1.54 bits per heavy atom. The number of hydrogen-bond donors (Lipinski definition) is 0. The van der Waals surface area contributed by atoms with Crippen molar-refractivity contribution in [2.24, 2.45) is 0 Å². The molecule has 0 spiro atoms. The highest BCUT2D eigenvalue weighted by Gasteiger charge is 2.15. The lowest BCUT2D eigenvalue weighted by molar-refractivity contribution is 0.101. The summed E-state index contributed by atoms with van der Waals surface area (Å²) in [4.78, 5) is 12.7. The van der Waals surface area contributed by atoms with Gasteiger partial charge in [-0.15, -0.1) is 10.2 Å². The molecule has 1 aromatic heterocycles. The first-order valence-corrected chi connectivity index (χ1v) is 9.86. The lowest BCUT2D eigenvalue weighted by Gasteiger charge is -2.10. The number of nitrogens with zero attached hydrogens (tertiary/aromatic N) is 2. The van der Waals surface area contributed by atoms with Crippen molar-refractivity contribution in [3.8, 4) is 17.0 Å². The highest BCUT2D eigenvalue weighted by molar-refractivity contribution is 8.00. The summed E-state index contributed by atoms with van der Waals surface area (Å²) in [6.45, 7) is 0. The molecule has 0 aliphatic heterocycles. The van der Waals surface area contributed by atoms with Crippen molar-refractivity contribution in [2.75, 3.05) is 12.9 Å². The Bertz CT molecular complexity index is 1130. The number of ether oxygens (including phenoxy) is 1. The molecule has 0 amide bonds. The van der Waals surface area contributed by atoms with Crippen molar-refractivity contribution in [3.05, 3.63) is 84.4 Å². The second-order valence-corrected chi connectivity index (χ2v) is 7.14. The number of thioether (sulfide) groups is 1. The normalized spacial score (nSPS) is 10.8. The first-order chi connectivity index (χ1) is 13.8. The van der Waals surface area contributed by atoms with Gasteiger partial charge in [-0.2, -0.15) is 0 Å². The molecule has 5 heteroatoms. The van der Waals surface area contributed by atoms with E-state index in [9.17, 15) is 4.79 Å². The highest BCUT2D eigenvalue weighted by atomic mass is 32.2. The number of rotatable bonds is 6. The Labute approximate surface area is 167 Å². The van der Waals surface area contributed by atoms with Gasteiger partial charge in [-0.25, -0.2) is 0 Å². The maximum atomic E-state index is 12.7. The predicted octanol–water partition coefficient (Wildman–Crippen LogP) is 5.28. The molecule has 0 atom stereocenters. The van der Waals surface area contributed by atoms with Crippen LogP contribution in [0.2, 0.25) is 0 Å². The van der Waals surface area contributed by atoms with Gasteiger partial charge >= 0.3 is 0 Å². The molecule has 4 aromatic rings. The third-order valence-corrected chi connectivity index (χ3v) is 5.43. The third kappa shape index (κ3) is 3.62. The first kappa shape index (κ1) is 18.2. The number of fused-ring (bicyclic) bond motifs is 1. The van der Waals surface area contributed by atoms with E-state index in [1.165, 1.54) is 11.8 Å². The van der Waals surface area contributed by atoms with Gasteiger partial charge in [0.25, 0.3) is 0 Å². The maximum Gasteiger partial charge on any atom is 0.176 e. The molecule has 4 rings (SSSR count). The summed E-state index contributed by atoms with van der Waals surface area (Å²) in [5.41, 5.74) is 2.44. The van der Waals surface area contributed by atoms with E-state index in [1.54, 1.807) is 19.2 Å². The molecule has 3 aromatic carbocycles. The summed E-state index contributed by atoms with van der Waals surface area (Å²) in [5, 5.41) is 11.6. The van der Waals surface area contributed by atoms with Crippen LogP contribution in [0.4, 0.5) is 0 Å². The molecule has 0 bridgehead atoms. The van der Waals surface area contributed by atoms with Gasteiger partial charge < -0.3 is 4.74 Å². The van der Waals surface area contributed by atoms with Crippen molar-refractivity contribution < 1.29 is 9.53 Å². The molecule has 4 nitrogen and oxygen atoms in total. The van der Waals surface area contributed by atoms with Crippen molar-refractivity contribution in [3.63, 3.8) is 0 Å². The number of carbonyl (C=O) groups is 1. The Morgan fingerprint density at radius 3 is 2.32 bits per heavy atom. The van der Waals surface area contributed by atoms with Crippen LogP contribution in [0.1, 0.15) is 10.4 Å². The molecule has 0 N–H and O–H groups in total. The molecule has 0 fully saturated rings. The average molecular weight is 386 g/mol. The quantitative estimate of drug-likeness (QED) is 0.333. The Hall–Kier alpha value is -3.18. The number of Topliss-reactive ketones (excluding diaryl/α,β-unsaturated/α-hetero) is 1. The summed E-state index contributed by atoms with van der Waals surface area (Å²) in [7, 11) is 1.57.